The van der Waals surface area contributed by atoms with Crippen molar-refractivity contribution in [3.63, 3.8) is 0 Å². The maximum absolute atomic E-state index is 6.25. The quantitative estimate of drug-likeness (QED) is 0.840. The second-order valence-corrected chi connectivity index (χ2v) is 5.98. The summed E-state index contributed by atoms with van der Waals surface area (Å²) in [6.07, 6.45) is 2.60. The van der Waals surface area contributed by atoms with Crippen molar-refractivity contribution in [2.75, 3.05) is 11.9 Å². The minimum Gasteiger partial charge on any atom is -0.368 e. The molecular formula is C12H16ClN3S. The van der Waals surface area contributed by atoms with E-state index in [0.29, 0.717) is 5.92 Å². The first-order chi connectivity index (χ1) is 8.16. The van der Waals surface area contributed by atoms with Crippen molar-refractivity contribution in [2.45, 2.75) is 25.6 Å². The van der Waals surface area contributed by atoms with Gasteiger partial charge in [0.15, 0.2) is 0 Å². The molecule has 2 heterocycles. The van der Waals surface area contributed by atoms with Gasteiger partial charge in [-0.1, -0.05) is 13.8 Å². The summed E-state index contributed by atoms with van der Waals surface area (Å²) in [5, 5.41) is 6.54. The zero-order valence-electron chi connectivity index (χ0n) is 9.98. The first kappa shape index (κ1) is 12.6. The molecule has 0 aromatic carbocycles. The van der Waals surface area contributed by atoms with E-state index in [9.17, 15) is 0 Å². The highest BCUT2D eigenvalue weighted by molar-refractivity contribution is 7.16. The summed E-state index contributed by atoms with van der Waals surface area (Å²) < 4.78 is 0. The van der Waals surface area contributed by atoms with Crippen LogP contribution >= 0.6 is 22.9 Å². The lowest BCUT2D eigenvalue weighted by molar-refractivity contribution is 0.572. The van der Waals surface area contributed by atoms with Crippen molar-refractivity contribution in [1.29, 1.82) is 0 Å². The molecule has 0 radical (unpaired) electrons. The fourth-order valence-corrected chi connectivity index (χ4v) is 2.90. The lowest BCUT2D eigenvalue weighted by atomic mass is 10.1. The van der Waals surface area contributed by atoms with Gasteiger partial charge in [-0.3, -0.25) is 0 Å². The number of anilines is 1. The van der Waals surface area contributed by atoms with Crippen LogP contribution < -0.4 is 5.32 Å². The van der Waals surface area contributed by atoms with E-state index in [1.165, 1.54) is 0 Å². The molecule has 2 aromatic rings. The molecule has 92 valence electrons. The topological polar surface area (TPSA) is 37.8 Å². The third-order valence-corrected chi connectivity index (χ3v) is 3.63. The Morgan fingerprint density at radius 1 is 1.41 bits per heavy atom. The van der Waals surface area contributed by atoms with Gasteiger partial charge in [-0.05, 0) is 23.8 Å². The minimum absolute atomic E-state index is 0.138. The third kappa shape index (κ3) is 3.30. The average molecular weight is 270 g/mol. The van der Waals surface area contributed by atoms with E-state index in [-0.39, 0.29) is 5.38 Å². The number of thiophene rings is 1. The van der Waals surface area contributed by atoms with Crippen LogP contribution in [0.15, 0.2) is 17.8 Å². The predicted octanol–water partition coefficient (Wildman–Crippen LogP) is 3.76. The van der Waals surface area contributed by atoms with Crippen molar-refractivity contribution in [3.8, 4) is 0 Å². The number of alkyl halides is 1. The molecule has 0 fully saturated rings. The van der Waals surface area contributed by atoms with Crippen LogP contribution in [0.5, 0.6) is 0 Å². The molecule has 3 nitrogen and oxygen atoms in total. The molecule has 0 bridgehead atoms. The maximum Gasteiger partial charge on any atom is 0.138 e. The predicted molar refractivity (Wildman–Crippen MR) is 75.0 cm³/mol. The molecule has 0 amide bonds. The van der Waals surface area contributed by atoms with Gasteiger partial charge in [-0.25, -0.2) is 9.97 Å². The standard InChI is InChI=1S/C12H16ClN3S/c1-8(2)5-9(13)6-14-11-10-3-4-17-12(10)16-7-15-11/h3-4,7-9H,5-6H2,1-2H3,(H,14,15,16). The molecule has 5 heteroatoms. The lowest BCUT2D eigenvalue weighted by Gasteiger charge is -2.13. The van der Waals surface area contributed by atoms with E-state index in [4.69, 9.17) is 11.6 Å². The van der Waals surface area contributed by atoms with E-state index in [2.05, 4.69) is 29.1 Å². The zero-order valence-corrected chi connectivity index (χ0v) is 11.6. The molecule has 0 saturated carbocycles. The molecule has 17 heavy (non-hydrogen) atoms. The van der Waals surface area contributed by atoms with Gasteiger partial charge in [0, 0.05) is 6.54 Å². The van der Waals surface area contributed by atoms with Crippen LogP contribution in [-0.2, 0) is 0 Å². The Hall–Kier alpha value is -0.870. The Balaban J connectivity index is 2.01. The van der Waals surface area contributed by atoms with Gasteiger partial charge >= 0.3 is 0 Å². The van der Waals surface area contributed by atoms with Gasteiger partial charge in [-0.15, -0.1) is 22.9 Å². The Kier molecular flexibility index (Phi) is 4.18. The van der Waals surface area contributed by atoms with Crippen LogP contribution in [0.3, 0.4) is 0 Å². The number of halogens is 1. The molecule has 1 N–H and O–H groups in total. The van der Waals surface area contributed by atoms with Crippen LogP contribution in [-0.4, -0.2) is 21.9 Å². The zero-order chi connectivity index (χ0) is 12.3. The molecule has 0 aliphatic heterocycles. The summed E-state index contributed by atoms with van der Waals surface area (Å²) in [6.45, 7) is 5.09. The van der Waals surface area contributed by atoms with Crippen molar-refractivity contribution in [2.24, 2.45) is 5.92 Å². The number of nitrogens with zero attached hydrogens (tertiary/aromatic N) is 2. The van der Waals surface area contributed by atoms with Crippen LogP contribution in [0.2, 0.25) is 0 Å². The SMILES string of the molecule is CC(C)CC(Cl)CNc1ncnc2sccc12. The highest BCUT2D eigenvalue weighted by Crippen LogP contribution is 2.24. The van der Waals surface area contributed by atoms with Gasteiger partial charge < -0.3 is 5.32 Å². The van der Waals surface area contributed by atoms with E-state index in [1.807, 2.05) is 11.4 Å². The third-order valence-electron chi connectivity index (χ3n) is 2.48. The summed E-state index contributed by atoms with van der Waals surface area (Å²) in [7, 11) is 0. The van der Waals surface area contributed by atoms with Gasteiger partial charge in [0.05, 0.1) is 10.8 Å². The largest absolute Gasteiger partial charge is 0.368 e. The van der Waals surface area contributed by atoms with E-state index in [0.717, 1.165) is 29.0 Å². The van der Waals surface area contributed by atoms with Gasteiger partial charge in [-0.2, -0.15) is 0 Å². The molecule has 0 aliphatic rings. The second-order valence-electron chi connectivity index (χ2n) is 4.47. The summed E-state index contributed by atoms with van der Waals surface area (Å²) in [5.74, 6) is 1.50. The Labute approximate surface area is 110 Å². The van der Waals surface area contributed by atoms with Crippen LogP contribution in [0.4, 0.5) is 5.82 Å². The normalized spacial score (nSPS) is 13.2. The number of nitrogens with one attached hydrogen (secondary N) is 1. The first-order valence-electron chi connectivity index (χ1n) is 5.73. The molecule has 1 unspecified atom stereocenters. The number of fused-ring (bicyclic) bond motifs is 1. The summed E-state index contributed by atoms with van der Waals surface area (Å²) in [5.41, 5.74) is 0. The molecule has 1 atom stereocenters. The Morgan fingerprint density at radius 3 is 3.00 bits per heavy atom. The van der Waals surface area contributed by atoms with E-state index >= 15 is 0 Å². The van der Waals surface area contributed by atoms with Gasteiger partial charge in [0.25, 0.3) is 0 Å². The summed E-state index contributed by atoms with van der Waals surface area (Å²) in [6, 6.07) is 2.04. The number of hydrogen-bond donors (Lipinski definition) is 1. The monoisotopic (exact) mass is 269 g/mol. The molecule has 0 aliphatic carbocycles. The number of aromatic nitrogens is 2. The highest BCUT2D eigenvalue weighted by Gasteiger charge is 2.09. The number of hydrogen-bond acceptors (Lipinski definition) is 4. The number of rotatable bonds is 5. The minimum atomic E-state index is 0.138. The van der Waals surface area contributed by atoms with Crippen LogP contribution in [0.25, 0.3) is 10.2 Å². The van der Waals surface area contributed by atoms with Crippen molar-refractivity contribution in [1.82, 2.24) is 9.97 Å². The summed E-state index contributed by atoms with van der Waals surface area (Å²) in [4.78, 5) is 9.48. The molecule has 2 aromatic heterocycles. The molecule has 0 spiro atoms. The second kappa shape index (κ2) is 5.65. The molecule has 0 saturated heterocycles. The first-order valence-corrected chi connectivity index (χ1v) is 7.04. The fourth-order valence-electron chi connectivity index (χ4n) is 1.73. The van der Waals surface area contributed by atoms with Crippen molar-refractivity contribution in [3.05, 3.63) is 17.8 Å². The molecular weight excluding hydrogens is 254 g/mol. The average Bonchev–Trinajstić information content (AvgIpc) is 2.73. The summed E-state index contributed by atoms with van der Waals surface area (Å²) >= 11 is 7.87. The fraction of sp³-hybridized carbons (Fsp3) is 0.500. The van der Waals surface area contributed by atoms with Crippen LogP contribution in [0.1, 0.15) is 20.3 Å². The molecule has 2 rings (SSSR count). The van der Waals surface area contributed by atoms with Crippen molar-refractivity contribution >= 4 is 39.0 Å². The van der Waals surface area contributed by atoms with Gasteiger partial charge in [0.2, 0.25) is 0 Å². The van der Waals surface area contributed by atoms with Crippen molar-refractivity contribution < 1.29 is 0 Å². The maximum atomic E-state index is 6.25. The highest BCUT2D eigenvalue weighted by atomic mass is 35.5. The Bertz CT molecular complexity index is 483. The Morgan fingerprint density at radius 2 is 2.24 bits per heavy atom. The van der Waals surface area contributed by atoms with Crippen LogP contribution in [0, 0.1) is 5.92 Å². The van der Waals surface area contributed by atoms with Gasteiger partial charge in [0.1, 0.15) is 17.0 Å². The van der Waals surface area contributed by atoms with E-state index in [1.54, 1.807) is 17.7 Å². The lowest BCUT2D eigenvalue weighted by Crippen LogP contribution is -2.17. The van der Waals surface area contributed by atoms with E-state index < -0.39 is 0 Å². The smallest absolute Gasteiger partial charge is 0.138 e.